The Bertz CT molecular complexity index is 651. The summed E-state index contributed by atoms with van der Waals surface area (Å²) < 4.78 is 13.2. The molecule has 1 aromatic heterocycles. The van der Waals surface area contributed by atoms with Crippen LogP contribution >= 0.6 is 0 Å². The normalized spacial score (nSPS) is 15.2. The fourth-order valence-electron chi connectivity index (χ4n) is 3.40. The van der Waals surface area contributed by atoms with Crippen molar-refractivity contribution < 1.29 is 9.18 Å². The molecule has 1 amide bonds. The summed E-state index contributed by atoms with van der Waals surface area (Å²) in [5.74, 6) is 0.741. The van der Waals surface area contributed by atoms with Crippen LogP contribution in [-0.2, 0) is 4.79 Å². The van der Waals surface area contributed by atoms with Gasteiger partial charge in [0.05, 0.1) is 11.9 Å². The van der Waals surface area contributed by atoms with Crippen LogP contribution in [0.5, 0.6) is 0 Å². The lowest BCUT2D eigenvalue weighted by Gasteiger charge is -2.25. The van der Waals surface area contributed by atoms with Crippen molar-refractivity contribution in [3.63, 3.8) is 0 Å². The number of amides is 1. The summed E-state index contributed by atoms with van der Waals surface area (Å²) in [5, 5.41) is 0. The quantitative estimate of drug-likeness (QED) is 0.752. The topological polar surface area (TPSA) is 33.2 Å². The SMILES string of the molecule is O=C(CCC1CCCCC1)N(c1ccccc1)c1ccc(F)cn1. The lowest BCUT2D eigenvalue weighted by atomic mass is 9.86. The highest BCUT2D eigenvalue weighted by molar-refractivity contribution is 5.99. The van der Waals surface area contributed by atoms with E-state index in [1.807, 2.05) is 30.3 Å². The molecule has 0 bridgehead atoms. The number of halogens is 1. The molecule has 1 aliphatic carbocycles. The van der Waals surface area contributed by atoms with Crippen LogP contribution in [-0.4, -0.2) is 10.9 Å². The van der Waals surface area contributed by atoms with Crippen molar-refractivity contribution in [1.82, 2.24) is 4.98 Å². The van der Waals surface area contributed by atoms with Crippen molar-refractivity contribution >= 4 is 17.4 Å². The first-order valence-electron chi connectivity index (χ1n) is 8.73. The number of aromatic nitrogens is 1. The van der Waals surface area contributed by atoms with Gasteiger partial charge in [0, 0.05) is 6.42 Å². The minimum Gasteiger partial charge on any atom is -0.274 e. The monoisotopic (exact) mass is 326 g/mol. The molecule has 1 aliphatic rings. The maximum absolute atomic E-state index is 13.2. The standard InChI is InChI=1S/C20H23FN2O/c21-17-12-13-19(22-15-17)23(18-9-5-2-6-10-18)20(24)14-11-16-7-3-1-4-8-16/h2,5-6,9-10,12-13,15-16H,1,3-4,7-8,11,14H2. The number of nitrogens with zero attached hydrogens (tertiary/aromatic N) is 2. The third-order valence-corrected chi connectivity index (χ3v) is 4.70. The molecule has 0 spiro atoms. The van der Waals surface area contributed by atoms with Gasteiger partial charge >= 0.3 is 0 Å². The molecule has 1 heterocycles. The molecule has 4 heteroatoms. The van der Waals surface area contributed by atoms with Gasteiger partial charge in [-0.3, -0.25) is 9.69 Å². The van der Waals surface area contributed by atoms with E-state index >= 15 is 0 Å². The summed E-state index contributed by atoms with van der Waals surface area (Å²) in [6.45, 7) is 0. The zero-order chi connectivity index (χ0) is 16.8. The minimum atomic E-state index is -0.401. The number of anilines is 2. The third kappa shape index (κ3) is 4.19. The molecule has 1 fully saturated rings. The number of para-hydroxylation sites is 1. The zero-order valence-electron chi connectivity index (χ0n) is 13.8. The van der Waals surface area contributed by atoms with Gasteiger partial charge in [-0.2, -0.15) is 0 Å². The molecular weight excluding hydrogens is 303 g/mol. The van der Waals surface area contributed by atoms with Gasteiger partial charge in [0.15, 0.2) is 0 Å². The van der Waals surface area contributed by atoms with Crippen molar-refractivity contribution in [2.45, 2.75) is 44.9 Å². The maximum Gasteiger partial charge on any atom is 0.232 e. The molecule has 0 atom stereocenters. The molecule has 0 radical (unpaired) electrons. The average Bonchev–Trinajstić information content (AvgIpc) is 2.64. The van der Waals surface area contributed by atoms with Crippen molar-refractivity contribution in [3.05, 3.63) is 54.5 Å². The van der Waals surface area contributed by atoms with Gasteiger partial charge in [0.2, 0.25) is 5.91 Å². The van der Waals surface area contributed by atoms with Gasteiger partial charge in [0.1, 0.15) is 11.6 Å². The van der Waals surface area contributed by atoms with Crippen LogP contribution in [0.15, 0.2) is 48.7 Å². The zero-order valence-corrected chi connectivity index (χ0v) is 13.8. The molecule has 0 N–H and O–H groups in total. The predicted octanol–water partition coefficient (Wildman–Crippen LogP) is 5.25. The van der Waals surface area contributed by atoms with Crippen LogP contribution in [0.1, 0.15) is 44.9 Å². The minimum absolute atomic E-state index is 0.0193. The van der Waals surface area contributed by atoms with Crippen LogP contribution in [0, 0.1) is 11.7 Å². The van der Waals surface area contributed by atoms with Gasteiger partial charge in [-0.15, -0.1) is 0 Å². The van der Waals surface area contributed by atoms with Crippen molar-refractivity contribution in [2.75, 3.05) is 4.90 Å². The van der Waals surface area contributed by atoms with Crippen LogP contribution in [0.25, 0.3) is 0 Å². The number of pyridine rings is 1. The fraction of sp³-hybridized carbons (Fsp3) is 0.400. The highest BCUT2D eigenvalue weighted by Crippen LogP contribution is 2.29. The molecule has 0 aliphatic heterocycles. The highest BCUT2D eigenvalue weighted by atomic mass is 19.1. The number of hydrogen-bond acceptors (Lipinski definition) is 2. The second kappa shape index (κ2) is 8.04. The summed E-state index contributed by atoms with van der Waals surface area (Å²) in [4.78, 5) is 18.6. The van der Waals surface area contributed by atoms with E-state index in [0.29, 0.717) is 18.2 Å². The largest absolute Gasteiger partial charge is 0.274 e. The maximum atomic E-state index is 13.2. The third-order valence-electron chi connectivity index (χ3n) is 4.70. The van der Waals surface area contributed by atoms with E-state index < -0.39 is 5.82 Å². The first kappa shape index (κ1) is 16.6. The summed E-state index contributed by atoms with van der Waals surface area (Å²) >= 11 is 0. The molecule has 2 aromatic rings. The highest BCUT2D eigenvalue weighted by Gasteiger charge is 2.21. The Morgan fingerprint density at radius 2 is 1.83 bits per heavy atom. The van der Waals surface area contributed by atoms with E-state index in [4.69, 9.17) is 0 Å². The molecule has 1 aromatic carbocycles. The van der Waals surface area contributed by atoms with E-state index in [9.17, 15) is 9.18 Å². The average molecular weight is 326 g/mol. The molecule has 24 heavy (non-hydrogen) atoms. The fourth-order valence-corrected chi connectivity index (χ4v) is 3.40. The Morgan fingerprint density at radius 1 is 1.08 bits per heavy atom. The number of carbonyl (C=O) groups excluding carboxylic acids is 1. The summed E-state index contributed by atoms with van der Waals surface area (Å²) in [6.07, 6.45) is 8.91. The summed E-state index contributed by atoms with van der Waals surface area (Å²) in [6, 6.07) is 12.3. The van der Waals surface area contributed by atoms with Crippen molar-refractivity contribution in [3.8, 4) is 0 Å². The van der Waals surface area contributed by atoms with Crippen LogP contribution in [0.4, 0.5) is 15.9 Å². The molecule has 3 nitrogen and oxygen atoms in total. The summed E-state index contributed by atoms with van der Waals surface area (Å²) in [5.41, 5.74) is 0.769. The Balaban J connectivity index is 1.76. The number of benzene rings is 1. The number of rotatable bonds is 5. The molecular formula is C20H23FN2O. The van der Waals surface area contributed by atoms with Crippen LogP contribution < -0.4 is 4.90 Å². The Labute approximate surface area is 142 Å². The molecule has 1 saturated carbocycles. The molecule has 0 saturated heterocycles. The van der Waals surface area contributed by atoms with E-state index in [-0.39, 0.29) is 5.91 Å². The molecule has 3 rings (SSSR count). The first-order chi connectivity index (χ1) is 11.7. The van der Waals surface area contributed by atoms with E-state index in [2.05, 4.69) is 4.98 Å². The first-order valence-corrected chi connectivity index (χ1v) is 8.73. The van der Waals surface area contributed by atoms with E-state index in [1.54, 1.807) is 11.0 Å². The predicted molar refractivity (Wildman–Crippen MR) is 93.6 cm³/mol. The van der Waals surface area contributed by atoms with E-state index in [0.717, 1.165) is 18.3 Å². The Hall–Kier alpha value is -2.23. The summed E-state index contributed by atoms with van der Waals surface area (Å²) in [7, 11) is 0. The Kier molecular flexibility index (Phi) is 5.57. The van der Waals surface area contributed by atoms with E-state index in [1.165, 1.54) is 38.2 Å². The lowest BCUT2D eigenvalue weighted by molar-refractivity contribution is -0.118. The smallest absolute Gasteiger partial charge is 0.232 e. The van der Waals surface area contributed by atoms with Gasteiger partial charge < -0.3 is 0 Å². The van der Waals surface area contributed by atoms with Crippen molar-refractivity contribution in [2.24, 2.45) is 5.92 Å². The number of hydrogen-bond donors (Lipinski definition) is 0. The van der Waals surface area contributed by atoms with Crippen LogP contribution in [0.3, 0.4) is 0 Å². The molecule has 126 valence electrons. The van der Waals surface area contributed by atoms with Gasteiger partial charge in [-0.05, 0) is 36.6 Å². The second-order valence-corrected chi connectivity index (χ2v) is 6.44. The molecule has 0 unspecified atom stereocenters. The second-order valence-electron chi connectivity index (χ2n) is 6.44. The lowest BCUT2D eigenvalue weighted by Crippen LogP contribution is -2.27. The van der Waals surface area contributed by atoms with Crippen LogP contribution in [0.2, 0.25) is 0 Å². The number of carbonyl (C=O) groups is 1. The van der Waals surface area contributed by atoms with Crippen molar-refractivity contribution in [1.29, 1.82) is 0 Å². The Morgan fingerprint density at radius 3 is 2.50 bits per heavy atom. The van der Waals surface area contributed by atoms with Gasteiger partial charge in [-0.1, -0.05) is 50.3 Å². The van der Waals surface area contributed by atoms with Gasteiger partial charge in [0.25, 0.3) is 0 Å². The van der Waals surface area contributed by atoms with Gasteiger partial charge in [-0.25, -0.2) is 9.37 Å².